The summed E-state index contributed by atoms with van der Waals surface area (Å²) in [5, 5.41) is 3.29. The molecule has 0 fully saturated rings. The number of aromatic nitrogens is 2. The van der Waals surface area contributed by atoms with Gasteiger partial charge in [0.15, 0.2) is 0 Å². The first-order valence-corrected chi connectivity index (χ1v) is 6.14. The van der Waals surface area contributed by atoms with Crippen molar-refractivity contribution in [1.29, 1.82) is 0 Å². The summed E-state index contributed by atoms with van der Waals surface area (Å²) in [6.07, 6.45) is 1.91. The van der Waals surface area contributed by atoms with E-state index in [0.29, 0.717) is 31.0 Å². The van der Waals surface area contributed by atoms with Crippen LogP contribution in [0.2, 0.25) is 0 Å². The average Bonchev–Trinajstić information content (AvgIpc) is 2.28. The summed E-state index contributed by atoms with van der Waals surface area (Å²) in [4.78, 5) is 8.65. The molecule has 0 aromatic carbocycles. The summed E-state index contributed by atoms with van der Waals surface area (Å²) in [5.74, 6) is 1.24. The molecule has 1 atom stereocenters. The Kier molecular flexibility index (Phi) is 5.69. The van der Waals surface area contributed by atoms with Crippen LogP contribution in [-0.2, 0) is 0 Å². The monoisotopic (exact) mass is 238 g/mol. The number of hydrogen-bond donors (Lipinski definition) is 2. The van der Waals surface area contributed by atoms with Gasteiger partial charge in [0.2, 0.25) is 11.8 Å². The van der Waals surface area contributed by atoms with Crippen molar-refractivity contribution < 1.29 is 4.74 Å². The molecule has 5 nitrogen and oxygen atoms in total. The topological polar surface area (TPSA) is 73.1 Å². The van der Waals surface area contributed by atoms with Crippen molar-refractivity contribution in [2.24, 2.45) is 5.73 Å². The Hall–Kier alpha value is -1.36. The zero-order chi connectivity index (χ0) is 12.7. The molecule has 0 aliphatic rings. The zero-order valence-corrected chi connectivity index (χ0v) is 10.9. The highest BCUT2D eigenvalue weighted by atomic mass is 16.5. The molecule has 0 aliphatic heterocycles. The first-order valence-electron chi connectivity index (χ1n) is 6.14. The third-order valence-electron chi connectivity index (χ3n) is 2.46. The van der Waals surface area contributed by atoms with E-state index in [2.05, 4.69) is 22.2 Å². The molecule has 1 rings (SSSR count). The number of nitrogens with zero attached hydrogens (tertiary/aromatic N) is 2. The van der Waals surface area contributed by atoms with Gasteiger partial charge >= 0.3 is 0 Å². The van der Waals surface area contributed by atoms with Gasteiger partial charge in [-0.15, -0.1) is 0 Å². The molecule has 1 aromatic rings. The standard InChI is InChI=1S/C12H22N4O/c1-4-10(6-7-13)15-12-14-9(3)8-11(16-12)17-5-2/h8,10H,4-7,13H2,1-3H3,(H,14,15,16). The SMILES string of the molecule is CCOc1cc(C)nc(NC(CC)CCN)n1. The fraction of sp³-hybridized carbons (Fsp3) is 0.667. The molecule has 0 saturated heterocycles. The van der Waals surface area contributed by atoms with E-state index in [-0.39, 0.29) is 0 Å². The van der Waals surface area contributed by atoms with Crippen molar-refractivity contribution in [3.63, 3.8) is 0 Å². The highest BCUT2D eigenvalue weighted by molar-refractivity contribution is 5.31. The maximum atomic E-state index is 5.56. The Bertz CT molecular complexity index is 343. The molecule has 17 heavy (non-hydrogen) atoms. The summed E-state index contributed by atoms with van der Waals surface area (Å²) >= 11 is 0. The van der Waals surface area contributed by atoms with Gasteiger partial charge in [-0.3, -0.25) is 0 Å². The van der Waals surface area contributed by atoms with Crippen LogP contribution in [0.4, 0.5) is 5.95 Å². The molecular weight excluding hydrogens is 216 g/mol. The Morgan fingerprint density at radius 3 is 2.76 bits per heavy atom. The second-order valence-corrected chi connectivity index (χ2v) is 3.93. The normalized spacial score (nSPS) is 12.2. The second kappa shape index (κ2) is 7.06. The summed E-state index contributed by atoms with van der Waals surface area (Å²) in [5.41, 5.74) is 6.46. The number of nitrogens with one attached hydrogen (secondary N) is 1. The molecule has 0 spiro atoms. The van der Waals surface area contributed by atoms with Crippen molar-refractivity contribution in [3.8, 4) is 5.88 Å². The number of aryl methyl sites for hydroxylation is 1. The average molecular weight is 238 g/mol. The first-order chi connectivity index (χ1) is 8.19. The van der Waals surface area contributed by atoms with Crippen molar-refractivity contribution in [3.05, 3.63) is 11.8 Å². The fourth-order valence-electron chi connectivity index (χ4n) is 1.59. The lowest BCUT2D eigenvalue weighted by Crippen LogP contribution is -2.23. The van der Waals surface area contributed by atoms with Gasteiger partial charge in [-0.25, -0.2) is 4.98 Å². The summed E-state index contributed by atoms with van der Waals surface area (Å²) in [7, 11) is 0. The zero-order valence-electron chi connectivity index (χ0n) is 10.9. The fourth-order valence-corrected chi connectivity index (χ4v) is 1.59. The third-order valence-corrected chi connectivity index (χ3v) is 2.46. The number of nitrogens with two attached hydrogens (primary N) is 1. The summed E-state index contributed by atoms with van der Waals surface area (Å²) < 4.78 is 5.39. The van der Waals surface area contributed by atoms with Gasteiger partial charge in [0.1, 0.15) is 0 Å². The van der Waals surface area contributed by atoms with E-state index in [0.717, 1.165) is 18.5 Å². The van der Waals surface area contributed by atoms with Gasteiger partial charge in [-0.1, -0.05) is 6.92 Å². The number of rotatable bonds is 7. The van der Waals surface area contributed by atoms with Crippen molar-refractivity contribution >= 4 is 5.95 Å². The first kappa shape index (κ1) is 13.7. The quantitative estimate of drug-likeness (QED) is 0.756. The van der Waals surface area contributed by atoms with Gasteiger partial charge in [-0.05, 0) is 33.2 Å². The minimum atomic E-state index is 0.316. The lowest BCUT2D eigenvalue weighted by atomic mass is 10.1. The van der Waals surface area contributed by atoms with Crippen molar-refractivity contribution in [2.75, 3.05) is 18.5 Å². The lowest BCUT2D eigenvalue weighted by Gasteiger charge is -2.16. The molecule has 0 bridgehead atoms. The molecule has 0 amide bonds. The van der Waals surface area contributed by atoms with E-state index in [1.807, 2.05) is 19.9 Å². The predicted octanol–water partition coefficient (Wildman–Crippen LogP) is 1.72. The van der Waals surface area contributed by atoms with Gasteiger partial charge in [-0.2, -0.15) is 4.98 Å². The van der Waals surface area contributed by atoms with Crippen molar-refractivity contribution in [1.82, 2.24) is 9.97 Å². The highest BCUT2D eigenvalue weighted by Crippen LogP contribution is 2.13. The number of anilines is 1. The molecule has 5 heteroatoms. The summed E-state index contributed by atoms with van der Waals surface area (Å²) in [6, 6.07) is 2.15. The lowest BCUT2D eigenvalue weighted by molar-refractivity contribution is 0.326. The highest BCUT2D eigenvalue weighted by Gasteiger charge is 2.08. The number of ether oxygens (including phenoxy) is 1. The van der Waals surface area contributed by atoms with E-state index in [1.165, 1.54) is 0 Å². The minimum absolute atomic E-state index is 0.316. The smallest absolute Gasteiger partial charge is 0.226 e. The van der Waals surface area contributed by atoms with Crippen LogP contribution in [0.25, 0.3) is 0 Å². The molecule has 1 aromatic heterocycles. The largest absolute Gasteiger partial charge is 0.478 e. The molecule has 0 saturated carbocycles. The van der Waals surface area contributed by atoms with E-state index in [1.54, 1.807) is 0 Å². The van der Waals surface area contributed by atoms with Crippen molar-refractivity contribution in [2.45, 2.75) is 39.7 Å². The van der Waals surface area contributed by atoms with Gasteiger partial charge < -0.3 is 15.8 Å². The Labute approximate surface area is 103 Å². The molecule has 1 heterocycles. The Morgan fingerprint density at radius 1 is 1.41 bits per heavy atom. The molecular formula is C12H22N4O. The van der Waals surface area contributed by atoms with Crippen LogP contribution < -0.4 is 15.8 Å². The van der Waals surface area contributed by atoms with Gasteiger partial charge in [0.25, 0.3) is 0 Å². The summed E-state index contributed by atoms with van der Waals surface area (Å²) in [6.45, 7) is 7.26. The molecule has 3 N–H and O–H groups in total. The van der Waals surface area contributed by atoms with Crippen LogP contribution in [0.3, 0.4) is 0 Å². The maximum absolute atomic E-state index is 5.56. The third kappa shape index (κ3) is 4.56. The predicted molar refractivity (Wildman–Crippen MR) is 69.3 cm³/mol. The molecule has 96 valence electrons. The molecule has 0 aliphatic carbocycles. The second-order valence-electron chi connectivity index (χ2n) is 3.93. The Morgan fingerprint density at radius 2 is 2.18 bits per heavy atom. The van der Waals surface area contributed by atoms with Gasteiger partial charge in [0.05, 0.1) is 6.61 Å². The van der Waals surface area contributed by atoms with Crippen LogP contribution in [0.15, 0.2) is 6.07 Å². The van der Waals surface area contributed by atoms with E-state index < -0.39 is 0 Å². The maximum Gasteiger partial charge on any atom is 0.226 e. The number of hydrogen-bond acceptors (Lipinski definition) is 5. The van der Waals surface area contributed by atoms with E-state index in [9.17, 15) is 0 Å². The molecule has 1 unspecified atom stereocenters. The van der Waals surface area contributed by atoms with E-state index >= 15 is 0 Å². The minimum Gasteiger partial charge on any atom is -0.478 e. The molecule has 0 radical (unpaired) electrons. The van der Waals surface area contributed by atoms with Crippen LogP contribution in [0.5, 0.6) is 5.88 Å². The van der Waals surface area contributed by atoms with E-state index in [4.69, 9.17) is 10.5 Å². The van der Waals surface area contributed by atoms with Gasteiger partial charge in [0, 0.05) is 17.8 Å². The Balaban J connectivity index is 2.75. The van der Waals surface area contributed by atoms with Crippen LogP contribution in [0.1, 0.15) is 32.4 Å². The van der Waals surface area contributed by atoms with Crippen LogP contribution in [0, 0.1) is 6.92 Å². The van der Waals surface area contributed by atoms with Crippen LogP contribution in [-0.4, -0.2) is 29.2 Å². The van der Waals surface area contributed by atoms with Crippen LogP contribution >= 0.6 is 0 Å².